The van der Waals surface area contributed by atoms with E-state index in [4.69, 9.17) is 28.7 Å². The van der Waals surface area contributed by atoms with Crippen LogP contribution in [-0.4, -0.2) is 49.8 Å². The Bertz CT molecular complexity index is 931. The number of para-hydroxylation sites is 2. The Hall–Kier alpha value is -1.91. The highest BCUT2D eigenvalue weighted by atomic mass is 17.3. The lowest BCUT2D eigenvalue weighted by atomic mass is 9.58. The van der Waals surface area contributed by atoms with Crippen LogP contribution in [0.1, 0.15) is 59.8 Å². The van der Waals surface area contributed by atoms with Crippen LogP contribution in [-0.2, 0) is 24.0 Å². The third-order valence-corrected chi connectivity index (χ3v) is 8.42. The summed E-state index contributed by atoms with van der Waals surface area (Å²) in [4.78, 5) is 24.4. The first kappa shape index (κ1) is 25.7. The number of benzene rings is 1. The van der Waals surface area contributed by atoms with Gasteiger partial charge in [-0.05, 0) is 63.5 Å². The van der Waals surface area contributed by atoms with Gasteiger partial charge in [0.15, 0.2) is 18.2 Å². The van der Waals surface area contributed by atoms with Crippen LogP contribution >= 0.6 is 0 Å². The Balaban J connectivity index is 1.13. The standard InChI is InChI=1S/C27H40N2O7/c1-5-31-22-10-7-6-9-21(22)29-25(30)28-15-8-16-32-23-18(3)20-12-11-17(2)19-13-14-26(4)34-24(33-23)27(19,20)36-35-26/h6-7,9-10,17-20,23-24H,5,8,11-16H2,1-4H3,(H2,28,29,30)/t17-,18-,19+,20+,23+,24-,26+,27-/m1/s1. The molecular weight excluding hydrogens is 464 g/mol. The zero-order valence-electron chi connectivity index (χ0n) is 21.8. The minimum absolute atomic E-state index is 0.136. The largest absolute Gasteiger partial charge is 0.492 e. The Morgan fingerprint density at radius 3 is 2.81 bits per heavy atom. The fourth-order valence-corrected chi connectivity index (χ4v) is 6.55. The second-order valence-corrected chi connectivity index (χ2v) is 10.8. The maximum absolute atomic E-state index is 12.3. The minimum atomic E-state index is -0.791. The van der Waals surface area contributed by atoms with Crippen molar-refractivity contribution in [1.29, 1.82) is 0 Å². The van der Waals surface area contributed by atoms with Crippen LogP contribution in [0.3, 0.4) is 0 Å². The van der Waals surface area contributed by atoms with Crippen molar-refractivity contribution in [3.05, 3.63) is 24.3 Å². The molecule has 1 saturated carbocycles. The van der Waals surface area contributed by atoms with Gasteiger partial charge in [-0.1, -0.05) is 26.0 Å². The molecule has 0 unspecified atom stereocenters. The molecule has 5 fully saturated rings. The molecule has 4 saturated heterocycles. The summed E-state index contributed by atoms with van der Waals surface area (Å²) >= 11 is 0. The van der Waals surface area contributed by atoms with Gasteiger partial charge in [-0.2, -0.15) is 0 Å². The number of rotatable bonds is 8. The van der Waals surface area contributed by atoms with E-state index >= 15 is 0 Å². The third kappa shape index (κ3) is 4.72. The molecule has 5 aliphatic rings. The number of fused-ring (bicyclic) bond motifs is 2. The van der Waals surface area contributed by atoms with Crippen molar-refractivity contribution in [3.8, 4) is 5.75 Å². The molecule has 8 atom stereocenters. The van der Waals surface area contributed by atoms with E-state index in [1.54, 1.807) is 0 Å². The number of hydrogen-bond acceptors (Lipinski definition) is 7. The van der Waals surface area contributed by atoms with E-state index in [2.05, 4.69) is 24.5 Å². The fraction of sp³-hybridized carbons (Fsp3) is 0.741. The lowest BCUT2D eigenvalue weighted by molar-refractivity contribution is -0.577. The van der Waals surface area contributed by atoms with Gasteiger partial charge in [0.25, 0.3) is 0 Å². The minimum Gasteiger partial charge on any atom is -0.492 e. The summed E-state index contributed by atoms with van der Waals surface area (Å²) < 4.78 is 24.6. The molecule has 2 N–H and O–H groups in total. The average Bonchev–Trinajstić information content (AvgIpc) is 3.09. The summed E-state index contributed by atoms with van der Waals surface area (Å²) in [7, 11) is 0. The molecule has 4 heterocycles. The van der Waals surface area contributed by atoms with Gasteiger partial charge in [-0.3, -0.25) is 0 Å². The molecule has 9 nitrogen and oxygen atoms in total. The number of ether oxygens (including phenoxy) is 4. The SMILES string of the molecule is CCOc1ccccc1NC(=O)NCCCO[C@H]1O[C@@H]2O[C@]3(C)CC[C@H]4[C@H](C)CC[C@@H]([C@H]1C)[C@@]24OO3. The van der Waals surface area contributed by atoms with Crippen LogP contribution < -0.4 is 15.4 Å². The first-order chi connectivity index (χ1) is 17.4. The molecule has 36 heavy (non-hydrogen) atoms. The van der Waals surface area contributed by atoms with Crippen molar-refractivity contribution in [2.45, 2.75) is 83.8 Å². The van der Waals surface area contributed by atoms with Gasteiger partial charge in [0.2, 0.25) is 5.79 Å². The van der Waals surface area contributed by atoms with Gasteiger partial charge >= 0.3 is 6.03 Å². The first-order valence-corrected chi connectivity index (χ1v) is 13.4. The van der Waals surface area contributed by atoms with Gasteiger partial charge in [0.05, 0.1) is 18.9 Å². The number of carbonyl (C=O) groups is 1. The predicted molar refractivity (Wildman–Crippen MR) is 132 cm³/mol. The summed E-state index contributed by atoms with van der Waals surface area (Å²) in [6, 6.07) is 7.11. The maximum Gasteiger partial charge on any atom is 0.319 e. The summed E-state index contributed by atoms with van der Waals surface area (Å²) in [5.74, 6) is 1.10. The van der Waals surface area contributed by atoms with Gasteiger partial charge in [0.1, 0.15) is 5.75 Å². The fourth-order valence-electron chi connectivity index (χ4n) is 6.55. The molecule has 1 spiro atoms. The molecule has 6 rings (SSSR count). The monoisotopic (exact) mass is 504 g/mol. The van der Waals surface area contributed by atoms with Crippen molar-refractivity contribution in [1.82, 2.24) is 5.32 Å². The summed E-state index contributed by atoms with van der Waals surface area (Å²) in [5, 5.41) is 5.72. The van der Waals surface area contributed by atoms with Gasteiger partial charge in [-0.25, -0.2) is 14.6 Å². The number of carbonyl (C=O) groups excluding carboxylic acids is 1. The molecule has 1 aromatic rings. The van der Waals surface area contributed by atoms with Crippen LogP contribution in [0.5, 0.6) is 5.75 Å². The Kier molecular flexibility index (Phi) is 7.47. The first-order valence-electron chi connectivity index (χ1n) is 13.4. The zero-order chi connectivity index (χ0) is 25.3. The Morgan fingerprint density at radius 1 is 1.14 bits per heavy atom. The van der Waals surface area contributed by atoms with E-state index in [9.17, 15) is 4.79 Å². The van der Waals surface area contributed by atoms with Crippen LogP contribution in [0.15, 0.2) is 24.3 Å². The number of hydrogen-bond donors (Lipinski definition) is 2. The normalized spacial score (nSPS) is 39.1. The molecule has 9 heteroatoms. The van der Waals surface area contributed by atoms with Crippen molar-refractivity contribution in [3.63, 3.8) is 0 Å². The third-order valence-electron chi connectivity index (χ3n) is 8.42. The summed E-state index contributed by atoms with van der Waals surface area (Å²) in [6.07, 6.45) is 3.75. The van der Waals surface area contributed by atoms with E-state index in [0.29, 0.717) is 49.5 Å². The quantitative estimate of drug-likeness (QED) is 0.387. The smallest absolute Gasteiger partial charge is 0.319 e. The van der Waals surface area contributed by atoms with Crippen LogP contribution in [0, 0.1) is 23.7 Å². The molecule has 0 radical (unpaired) electrons. The Labute approximate surface area is 213 Å². The van der Waals surface area contributed by atoms with E-state index in [0.717, 1.165) is 25.7 Å². The van der Waals surface area contributed by atoms with Crippen molar-refractivity contribution in [2.75, 3.05) is 25.1 Å². The molecule has 2 amide bonds. The molecule has 0 aromatic heterocycles. The van der Waals surface area contributed by atoms with Crippen LogP contribution in [0.25, 0.3) is 0 Å². The van der Waals surface area contributed by atoms with Gasteiger partial charge in [-0.15, -0.1) is 0 Å². The predicted octanol–water partition coefficient (Wildman–Crippen LogP) is 4.82. The van der Waals surface area contributed by atoms with Gasteiger partial charge in [0, 0.05) is 24.8 Å². The van der Waals surface area contributed by atoms with Crippen molar-refractivity contribution >= 4 is 11.7 Å². The number of nitrogens with one attached hydrogen (secondary N) is 2. The topological polar surface area (TPSA) is 96.5 Å². The number of urea groups is 1. The maximum atomic E-state index is 12.3. The highest BCUT2D eigenvalue weighted by Gasteiger charge is 2.69. The number of amides is 2. The zero-order valence-corrected chi connectivity index (χ0v) is 21.8. The second kappa shape index (κ2) is 10.5. The lowest BCUT2D eigenvalue weighted by Gasteiger charge is -2.60. The summed E-state index contributed by atoms with van der Waals surface area (Å²) in [6.45, 7) is 9.80. The molecule has 4 aliphatic heterocycles. The van der Waals surface area contributed by atoms with Gasteiger partial charge < -0.3 is 29.6 Å². The Morgan fingerprint density at radius 2 is 1.97 bits per heavy atom. The molecule has 1 aromatic carbocycles. The van der Waals surface area contributed by atoms with E-state index in [1.165, 1.54) is 0 Å². The van der Waals surface area contributed by atoms with Crippen LogP contribution in [0.2, 0.25) is 0 Å². The van der Waals surface area contributed by atoms with E-state index in [1.807, 2.05) is 38.1 Å². The average molecular weight is 505 g/mol. The number of anilines is 1. The van der Waals surface area contributed by atoms with E-state index < -0.39 is 24.0 Å². The highest BCUT2D eigenvalue weighted by molar-refractivity contribution is 5.90. The molecular formula is C27H40N2O7. The molecule has 200 valence electrons. The van der Waals surface area contributed by atoms with Crippen LogP contribution in [0.4, 0.5) is 10.5 Å². The van der Waals surface area contributed by atoms with E-state index in [-0.39, 0.29) is 17.9 Å². The van der Waals surface area contributed by atoms with Crippen molar-refractivity contribution < 1.29 is 33.5 Å². The molecule has 2 bridgehead atoms. The molecule has 1 aliphatic carbocycles. The second-order valence-electron chi connectivity index (χ2n) is 10.8. The highest BCUT2D eigenvalue weighted by Crippen LogP contribution is 2.60. The lowest BCUT2D eigenvalue weighted by Crippen LogP contribution is -2.70. The van der Waals surface area contributed by atoms with Crippen molar-refractivity contribution in [2.24, 2.45) is 23.7 Å². The summed E-state index contributed by atoms with van der Waals surface area (Å²) in [5.41, 5.74) is 0.0637.